The number of hydrogen-bond donors (Lipinski definition) is 3. The number of hydrogen-bond acceptors (Lipinski definition) is 4. The summed E-state index contributed by atoms with van der Waals surface area (Å²) in [6.07, 6.45) is 0.527. The van der Waals surface area contributed by atoms with Crippen molar-refractivity contribution >= 4 is 27.5 Å². The van der Waals surface area contributed by atoms with E-state index < -0.39 is 10.0 Å². The van der Waals surface area contributed by atoms with E-state index in [0.717, 1.165) is 5.56 Å². The number of sulfonamides is 1. The third-order valence-corrected chi connectivity index (χ3v) is 4.36. The molecular formula is C17H19N3O4S. The van der Waals surface area contributed by atoms with E-state index in [-0.39, 0.29) is 16.7 Å². The molecule has 8 heteroatoms. The molecule has 0 saturated heterocycles. The fourth-order valence-corrected chi connectivity index (χ4v) is 2.76. The number of rotatable bonds is 6. The molecule has 0 aliphatic heterocycles. The van der Waals surface area contributed by atoms with E-state index in [1.807, 2.05) is 0 Å². The summed E-state index contributed by atoms with van der Waals surface area (Å²) >= 11 is 0. The predicted molar refractivity (Wildman–Crippen MR) is 94.6 cm³/mol. The molecule has 2 aromatic rings. The highest BCUT2D eigenvalue weighted by molar-refractivity contribution is 7.89. The van der Waals surface area contributed by atoms with Crippen molar-refractivity contribution in [3.05, 3.63) is 59.7 Å². The summed E-state index contributed by atoms with van der Waals surface area (Å²) < 4.78 is 22.4. The van der Waals surface area contributed by atoms with Crippen LogP contribution in [-0.4, -0.2) is 26.8 Å². The maximum atomic E-state index is 12.3. The minimum absolute atomic E-state index is 0.0459. The minimum atomic E-state index is -3.71. The first-order valence-corrected chi connectivity index (χ1v) is 9.08. The summed E-state index contributed by atoms with van der Waals surface area (Å²) in [7, 11) is -3.71. The number of anilines is 1. The molecule has 0 heterocycles. The SMILES string of the molecule is CC(=O)Nc1ccccc1C(=O)NCCc1ccc(S(N)(=O)=O)cc1. The van der Waals surface area contributed by atoms with Gasteiger partial charge in [-0.2, -0.15) is 0 Å². The van der Waals surface area contributed by atoms with Gasteiger partial charge in [0, 0.05) is 13.5 Å². The molecule has 0 bridgehead atoms. The summed E-state index contributed by atoms with van der Waals surface area (Å²) in [5, 5.41) is 10.4. The standard InChI is InChI=1S/C17H19N3O4S/c1-12(21)20-16-5-3-2-4-15(16)17(22)19-11-10-13-6-8-14(9-7-13)25(18,23)24/h2-9H,10-11H2,1H3,(H,19,22)(H,20,21)(H2,18,23,24). The molecule has 0 aliphatic rings. The number of amides is 2. The van der Waals surface area contributed by atoms with E-state index in [4.69, 9.17) is 5.14 Å². The van der Waals surface area contributed by atoms with Crippen LogP contribution in [0.3, 0.4) is 0 Å². The van der Waals surface area contributed by atoms with E-state index in [9.17, 15) is 18.0 Å². The Bertz CT molecular complexity index is 877. The van der Waals surface area contributed by atoms with Crippen LogP contribution >= 0.6 is 0 Å². The fourth-order valence-electron chi connectivity index (χ4n) is 2.24. The largest absolute Gasteiger partial charge is 0.352 e. The molecule has 2 aromatic carbocycles. The lowest BCUT2D eigenvalue weighted by Gasteiger charge is -2.10. The van der Waals surface area contributed by atoms with Crippen LogP contribution in [0.1, 0.15) is 22.8 Å². The maximum Gasteiger partial charge on any atom is 0.253 e. The van der Waals surface area contributed by atoms with Crippen LogP contribution in [0.5, 0.6) is 0 Å². The van der Waals surface area contributed by atoms with Gasteiger partial charge in [-0.3, -0.25) is 9.59 Å². The van der Waals surface area contributed by atoms with Crippen molar-refractivity contribution in [2.24, 2.45) is 5.14 Å². The number of para-hydroxylation sites is 1. The highest BCUT2D eigenvalue weighted by Gasteiger charge is 2.11. The van der Waals surface area contributed by atoms with Crippen molar-refractivity contribution in [2.45, 2.75) is 18.2 Å². The van der Waals surface area contributed by atoms with Crippen LogP contribution in [0.15, 0.2) is 53.4 Å². The normalized spacial score (nSPS) is 11.0. The Hall–Kier alpha value is -2.71. The highest BCUT2D eigenvalue weighted by Crippen LogP contribution is 2.15. The second kappa shape index (κ2) is 7.91. The summed E-state index contributed by atoms with van der Waals surface area (Å²) in [5.41, 5.74) is 1.69. The van der Waals surface area contributed by atoms with E-state index >= 15 is 0 Å². The van der Waals surface area contributed by atoms with Gasteiger partial charge < -0.3 is 10.6 Å². The Morgan fingerprint density at radius 1 is 1.04 bits per heavy atom. The van der Waals surface area contributed by atoms with Gasteiger partial charge in [-0.1, -0.05) is 24.3 Å². The molecule has 132 valence electrons. The Morgan fingerprint density at radius 3 is 2.28 bits per heavy atom. The lowest BCUT2D eigenvalue weighted by atomic mass is 10.1. The number of nitrogens with two attached hydrogens (primary N) is 1. The van der Waals surface area contributed by atoms with Crippen molar-refractivity contribution in [2.75, 3.05) is 11.9 Å². The molecule has 0 saturated carbocycles. The summed E-state index contributed by atoms with van der Waals surface area (Å²) in [6, 6.07) is 12.9. The molecular weight excluding hydrogens is 342 g/mol. The molecule has 0 atom stereocenters. The number of nitrogens with one attached hydrogen (secondary N) is 2. The van der Waals surface area contributed by atoms with Crippen LogP contribution < -0.4 is 15.8 Å². The van der Waals surface area contributed by atoms with Gasteiger partial charge in [0.15, 0.2) is 0 Å². The van der Waals surface area contributed by atoms with Gasteiger partial charge in [0.25, 0.3) is 5.91 Å². The average Bonchev–Trinajstić information content (AvgIpc) is 2.54. The van der Waals surface area contributed by atoms with E-state index in [1.54, 1.807) is 36.4 Å². The highest BCUT2D eigenvalue weighted by atomic mass is 32.2. The molecule has 2 rings (SSSR count). The van der Waals surface area contributed by atoms with Crippen molar-refractivity contribution < 1.29 is 18.0 Å². The Labute approximate surface area is 146 Å². The summed E-state index contributed by atoms with van der Waals surface area (Å²) in [5.74, 6) is -0.555. The number of primary sulfonamides is 1. The van der Waals surface area contributed by atoms with Gasteiger partial charge in [0.1, 0.15) is 0 Å². The second-order valence-electron chi connectivity index (χ2n) is 5.42. The zero-order valence-electron chi connectivity index (χ0n) is 13.7. The molecule has 4 N–H and O–H groups in total. The summed E-state index contributed by atoms with van der Waals surface area (Å²) in [4.78, 5) is 23.5. The first-order valence-electron chi connectivity index (χ1n) is 7.54. The Morgan fingerprint density at radius 2 is 1.68 bits per heavy atom. The average molecular weight is 361 g/mol. The van der Waals surface area contributed by atoms with Crippen molar-refractivity contribution in [1.82, 2.24) is 5.32 Å². The molecule has 2 amide bonds. The molecule has 0 aliphatic carbocycles. The molecule has 0 radical (unpaired) electrons. The van der Waals surface area contributed by atoms with Gasteiger partial charge in [-0.05, 0) is 36.2 Å². The molecule has 25 heavy (non-hydrogen) atoms. The fraction of sp³-hybridized carbons (Fsp3) is 0.176. The summed E-state index contributed by atoms with van der Waals surface area (Å²) in [6.45, 7) is 1.74. The first-order chi connectivity index (χ1) is 11.8. The maximum absolute atomic E-state index is 12.3. The molecule has 0 unspecified atom stereocenters. The molecule has 0 fully saturated rings. The van der Waals surface area contributed by atoms with Gasteiger partial charge in [0.05, 0.1) is 16.1 Å². The lowest BCUT2D eigenvalue weighted by molar-refractivity contribution is -0.114. The van der Waals surface area contributed by atoms with Crippen molar-refractivity contribution in [1.29, 1.82) is 0 Å². The third kappa shape index (κ3) is 5.40. The zero-order valence-corrected chi connectivity index (χ0v) is 14.5. The molecule has 7 nitrogen and oxygen atoms in total. The number of carbonyl (C=O) groups is 2. The van der Waals surface area contributed by atoms with Gasteiger partial charge in [-0.25, -0.2) is 13.6 Å². The van der Waals surface area contributed by atoms with Gasteiger partial charge in [-0.15, -0.1) is 0 Å². The van der Waals surface area contributed by atoms with Crippen LogP contribution in [0.2, 0.25) is 0 Å². The second-order valence-corrected chi connectivity index (χ2v) is 6.98. The minimum Gasteiger partial charge on any atom is -0.352 e. The van der Waals surface area contributed by atoms with Crippen LogP contribution in [0, 0.1) is 0 Å². The van der Waals surface area contributed by atoms with Crippen LogP contribution in [-0.2, 0) is 21.2 Å². The lowest BCUT2D eigenvalue weighted by Crippen LogP contribution is -2.27. The van der Waals surface area contributed by atoms with Crippen molar-refractivity contribution in [3.8, 4) is 0 Å². The monoisotopic (exact) mass is 361 g/mol. The molecule has 0 aromatic heterocycles. The smallest absolute Gasteiger partial charge is 0.253 e. The van der Waals surface area contributed by atoms with E-state index in [2.05, 4.69) is 10.6 Å². The van der Waals surface area contributed by atoms with Gasteiger partial charge in [0.2, 0.25) is 15.9 Å². The predicted octanol–water partition coefficient (Wildman–Crippen LogP) is 1.26. The first kappa shape index (κ1) is 18.6. The topological polar surface area (TPSA) is 118 Å². The Kier molecular flexibility index (Phi) is 5.89. The van der Waals surface area contributed by atoms with E-state index in [0.29, 0.717) is 24.2 Å². The number of benzene rings is 2. The quantitative estimate of drug-likeness (QED) is 0.718. The van der Waals surface area contributed by atoms with Gasteiger partial charge >= 0.3 is 0 Å². The Balaban J connectivity index is 1.96. The van der Waals surface area contributed by atoms with Crippen LogP contribution in [0.4, 0.5) is 5.69 Å². The molecule has 0 spiro atoms. The van der Waals surface area contributed by atoms with Crippen LogP contribution in [0.25, 0.3) is 0 Å². The van der Waals surface area contributed by atoms with Crippen molar-refractivity contribution in [3.63, 3.8) is 0 Å². The van der Waals surface area contributed by atoms with E-state index in [1.165, 1.54) is 19.1 Å². The third-order valence-electron chi connectivity index (χ3n) is 3.43. The number of carbonyl (C=O) groups excluding carboxylic acids is 2. The zero-order chi connectivity index (χ0) is 18.4.